The number of imidazole rings is 1. The minimum atomic E-state index is -1.09. The number of amides is 1. The van der Waals surface area contributed by atoms with Gasteiger partial charge < -0.3 is 19.1 Å². The summed E-state index contributed by atoms with van der Waals surface area (Å²) in [5, 5.41) is 9.73. The Hall–Kier alpha value is -3.39. The predicted octanol–water partition coefficient (Wildman–Crippen LogP) is 2.50. The Kier molecular flexibility index (Phi) is 5.41. The Bertz CT molecular complexity index is 1080. The lowest BCUT2D eigenvalue weighted by molar-refractivity contribution is -0.153. The molecule has 2 atom stereocenters. The van der Waals surface area contributed by atoms with Gasteiger partial charge in [0.05, 0.1) is 36.8 Å². The molecule has 0 unspecified atom stereocenters. The highest BCUT2D eigenvalue weighted by atomic mass is 16.5. The number of ether oxygens (including phenoxy) is 2. The van der Waals surface area contributed by atoms with Crippen LogP contribution in [0.3, 0.4) is 0 Å². The number of hydrogen-bond acceptors (Lipinski definition) is 6. The molecular formula is C22H23N3O5. The molecule has 4 rings (SSSR count). The molecule has 1 N–H and O–H groups in total. The molecule has 1 amide bonds. The molecule has 2 aromatic carbocycles. The smallest absolute Gasteiger partial charge is 0.321 e. The van der Waals surface area contributed by atoms with Crippen molar-refractivity contribution in [1.29, 1.82) is 0 Å². The minimum Gasteiger partial charge on any atom is -0.508 e. The highest BCUT2D eigenvalue weighted by Gasteiger charge is 2.47. The predicted molar refractivity (Wildman–Crippen MR) is 110 cm³/mol. The van der Waals surface area contributed by atoms with Gasteiger partial charge in [0.1, 0.15) is 5.75 Å². The number of nitrogens with zero attached hydrogens (tertiary/aromatic N) is 3. The monoisotopic (exact) mass is 409 g/mol. The highest BCUT2D eigenvalue weighted by Crippen LogP contribution is 2.41. The number of carbonyl (C=O) groups excluding carboxylic acids is 2. The molecule has 0 fully saturated rings. The van der Waals surface area contributed by atoms with Gasteiger partial charge in [-0.05, 0) is 36.8 Å². The second kappa shape index (κ2) is 8.16. The second-order valence-corrected chi connectivity index (χ2v) is 7.02. The number of benzene rings is 2. The summed E-state index contributed by atoms with van der Waals surface area (Å²) in [7, 11) is 1.56. The van der Waals surface area contributed by atoms with E-state index in [-0.39, 0.29) is 24.8 Å². The quantitative estimate of drug-likeness (QED) is 0.497. The molecular weight excluding hydrogens is 386 g/mol. The zero-order chi connectivity index (χ0) is 21.3. The maximum absolute atomic E-state index is 13.5. The first-order valence-electron chi connectivity index (χ1n) is 9.79. The number of methoxy groups -OCH3 is 1. The van der Waals surface area contributed by atoms with E-state index in [9.17, 15) is 14.7 Å². The molecule has 8 nitrogen and oxygen atoms in total. The van der Waals surface area contributed by atoms with E-state index in [4.69, 9.17) is 9.47 Å². The Morgan fingerprint density at radius 3 is 2.60 bits per heavy atom. The van der Waals surface area contributed by atoms with E-state index >= 15 is 0 Å². The van der Waals surface area contributed by atoms with Crippen LogP contribution in [0.25, 0.3) is 11.0 Å². The van der Waals surface area contributed by atoms with Crippen LogP contribution in [-0.4, -0.2) is 53.4 Å². The average molecular weight is 409 g/mol. The van der Waals surface area contributed by atoms with E-state index < -0.39 is 17.9 Å². The van der Waals surface area contributed by atoms with Crippen molar-refractivity contribution in [3.63, 3.8) is 0 Å². The molecule has 0 aliphatic carbocycles. The molecule has 0 radical (unpaired) electrons. The SMILES string of the molecule is CCOC(=O)[C@H]1C(=O)N(CCOC)c2nc3ccccc3n2[C@@H]1c1ccc(O)cc1. The number of para-hydroxylation sites is 2. The molecule has 2 heterocycles. The van der Waals surface area contributed by atoms with Crippen molar-refractivity contribution in [2.24, 2.45) is 5.92 Å². The molecule has 8 heteroatoms. The van der Waals surface area contributed by atoms with Crippen LogP contribution in [-0.2, 0) is 19.1 Å². The van der Waals surface area contributed by atoms with Gasteiger partial charge in [-0.2, -0.15) is 0 Å². The van der Waals surface area contributed by atoms with Crippen molar-refractivity contribution >= 4 is 28.9 Å². The van der Waals surface area contributed by atoms with Crippen LogP contribution >= 0.6 is 0 Å². The fourth-order valence-corrected chi connectivity index (χ4v) is 3.91. The van der Waals surface area contributed by atoms with E-state index in [0.29, 0.717) is 18.1 Å². The van der Waals surface area contributed by atoms with Gasteiger partial charge in [-0.3, -0.25) is 14.5 Å². The number of esters is 1. The second-order valence-electron chi connectivity index (χ2n) is 7.02. The summed E-state index contributed by atoms with van der Waals surface area (Å²) in [5.41, 5.74) is 2.22. The van der Waals surface area contributed by atoms with Gasteiger partial charge in [0, 0.05) is 7.11 Å². The van der Waals surface area contributed by atoms with E-state index in [1.54, 1.807) is 26.2 Å². The zero-order valence-electron chi connectivity index (χ0n) is 16.8. The van der Waals surface area contributed by atoms with Gasteiger partial charge in [-0.15, -0.1) is 0 Å². The standard InChI is InChI=1S/C22H23N3O5/c1-3-30-21(28)18-19(14-8-10-15(26)11-9-14)25-17-7-5-4-6-16(17)23-22(25)24(20(18)27)12-13-29-2/h4-11,18-19,26H,3,12-13H2,1-2H3/t18-,19-/m1/s1. The Balaban J connectivity index is 1.97. The summed E-state index contributed by atoms with van der Waals surface area (Å²) in [5.74, 6) is -1.50. The van der Waals surface area contributed by atoms with Crippen molar-refractivity contribution in [3.8, 4) is 5.75 Å². The van der Waals surface area contributed by atoms with E-state index in [1.165, 1.54) is 17.0 Å². The van der Waals surface area contributed by atoms with Crippen LogP contribution in [0.15, 0.2) is 48.5 Å². The van der Waals surface area contributed by atoms with Crippen molar-refractivity contribution in [2.75, 3.05) is 31.8 Å². The van der Waals surface area contributed by atoms with Crippen LogP contribution in [0.1, 0.15) is 18.5 Å². The zero-order valence-corrected chi connectivity index (χ0v) is 16.8. The van der Waals surface area contributed by atoms with Gasteiger partial charge in [-0.25, -0.2) is 4.98 Å². The normalized spacial score (nSPS) is 18.5. The first-order valence-corrected chi connectivity index (χ1v) is 9.79. The molecule has 0 saturated heterocycles. The van der Waals surface area contributed by atoms with Crippen LogP contribution in [0.4, 0.5) is 5.95 Å². The van der Waals surface area contributed by atoms with Gasteiger partial charge in [0.25, 0.3) is 0 Å². The number of phenolic OH excluding ortho intramolecular Hbond substituents is 1. The van der Waals surface area contributed by atoms with E-state index in [0.717, 1.165) is 11.0 Å². The first kappa shape index (κ1) is 19.9. The lowest BCUT2D eigenvalue weighted by Crippen LogP contribution is -2.51. The third-order valence-electron chi connectivity index (χ3n) is 5.24. The fourth-order valence-electron chi connectivity index (χ4n) is 3.91. The third-order valence-corrected chi connectivity index (χ3v) is 5.24. The number of rotatable bonds is 6. The number of hydrogen-bond donors (Lipinski definition) is 1. The van der Waals surface area contributed by atoms with Gasteiger partial charge >= 0.3 is 5.97 Å². The van der Waals surface area contributed by atoms with Gasteiger partial charge in [-0.1, -0.05) is 24.3 Å². The largest absolute Gasteiger partial charge is 0.508 e. The Morgan fingerprint density at radius 1 is 1.17 bits per heavy atom. The van der Waals surface area contributed by atoms with Crippen molar-refractivity contribution in [3.05, 3.63) is 54.1 Å². The molecule has 1 aliphatic heterocycles. The van der Waals surface area contributed by atoms with Crippen LogP contribution < -0.4 is 4.90 Å². The molecule has 30 heavy (non-hydrogen) atoms. The number of phenols is 1. The number of fused-ring (bicyclic) bond motifs is 3. The summed E-state index contributed by atoms with van der Waals surface area (Å²) in [6.45, 7) is 2.44. The van der Waals surface area contributed by atoms with Crippen LogP contribution in [0.2, 0.25) is 0 Å². The Morgan fingerprint density at radius 2 is 1.90 bits per heavy atom. The summed E-state index contributed by atoms with van der Waals surface area (Å²) >= 11 is 0. The lowest BCUT2D eigenvalue weighted by Gasteiger charge is -2.37. The maximum atomic E-state index is 13.5. The number of aromatic nitrogens is 2. The van der Waals surface area contributed by atoms with Crippen LogP contribution in [0, 0.1) is 5.92 Å². The molecule has 0 spiro atoms. The lowest BCUT2D eigenvalue weighted by atomic mass is 9.89. The summed E-state index contributed by atoms with van der Waals surface area (Å²) in [4.78, 5) is 32.6. The molecule has 1 aliphatic rings. The molecule has 156 valence electrons. The third kappa shape index (κ3) is 3.29. The molecule has 3 aromatic rings. The van der Waals surface area contributed by atoms with Gasteiger partial charge in [0.15, 0.2) is 5.92 Å². The number of carbonyl (C=O) groups is 2. The highest BCUT2D eigenvalue weighted by molar-refractivity contribution is 6.08. The van der Waals surface area contributed by atoms with Crippen LogP contribution in [0.5, 0.6) is 5.75 Å². The number of anilines is 1. The summed E-state index contributed by atoms with van der Waals surface area (Å²) in [6, 6.07) is 13.4. The molecule has 1 aromatic heterocycles. The van der Waals surface area contributed by atoms with E-state index in [2.05, 4.69) is 4.98 Å². The van der Waals surface area contributed by atoms with E-state index in [1.807, 2.05) is 28.8 Å². The van der Waals surface area contributed by atoms with Crippen molar-refractivity contribution < 1.29 is 24.2 Å². The molecule has 0 bridgehead atoms. The fraction of sp³-hybridized carbons (Fsp3) is 0.318. The topological polar surface area (TPSA) is 93.9 Å². The van der Waals surface area contributed by atoms with Gasteiger partial charge in [0.2, 0.25) is 11.9 Å². The van der Waals surface area contributed by atoms with Crippen molar-refractivity contribution in [1.82, 2.24) is 9.55 Å². The summed E-state index contributed by atoms with van der Waals surface area (Å²) < 4.78 is 12.4. The first-order chi connectivity index (χ1) is 14.6. The average Bonchev–Trinajstić information content (AvgIpc) is 3.12. The van der Waals surface area contributed by atoms with Crippen molar-refractivity contribution in [2.45, 2.75) is 13.0 Å². The number of aromatic hydroxyl groups is 1. The minimum absolute atomic E-state index is 0.103. The Labute approximate surface area is 173 Å². The maximum Gasteiger partial charge on any atom is 0.321 e. The summed E-state index contributed by atoms with van der Waals surface area (Å²) in [6.07, 6.45) is 0. The molecule has 0 saturated carbocycles.